The van der Waals surface area contributed by atoms with E-state index >= 15 is 4.39 Å². The maximum absolute atomic E-state index is 15.0. The molecule has 0 aliphatic heterocycles. The predicted octanol–water partition coefficient (Wildman–Crippen LogP) is 11.5. The molecule has 6 heteroatoms. The van der Waals surface area contributed by atoms with E-state index in [0.717, 1.165) is 30.1 Å². The van der Waals surface area contributed by atoms with Crippen LogP contribution in [0.25, 0.3) is 0 Å². The van der Waals surface area contributed by atoms with Crippen molar-refractivity contribution in [3.8, 4) is 5.75 Å². The van der Waals surface area contributed by atoms with Crippen molar-refractivity contribution in [1.29, 1.82) is 0 Å². The Balaban J connectivity index is 1.25. The van der Waals surface area contributed by atoms with E-state index in [9.17, 15) is 8.78 Å². The molecule has 1 aromatic rings. The van der Waals surface area contributed by atoms with Gasteiger partial charge in [0.15, 0.2) is 0 Å². The average Bonchev–Trinajstić information content (AvgIpc) is 3.24. The van der Waals surface area contributed by atoms with Crippen LogP contribution in [-0.2, 0) is 0 Å². The third kappa shape index (κ3) is 5.77. The van der Waals surface area contributed by atoms with Gasteiger partial charge in [0.1, 0.15) is 5.75 Å². The van der Waals surface area contributed by atoms with Crippen molar-refractivity contribution in [2.24, 2.45) is 46.3 Å². The summed E-state index contributed by atoms with van der Waals surface area (Å²) >= 11 is 5.82. The topological polar surface area (TPSA) is 9.23 Å². The van der Waals surface area contributed by atoms with Crippen LogP contribution in [0, 0.1) is 46.3 Å². The van der Waals surface area contributed by atoms with Gasteiger partial charge in [-0.05, 0) is 139 Å². The lowest BCUT2D eigenvalue weighted by Crippen LogP contribution is -2.53. The van der Waals surface area contributed by atoms with Crippen molar-refractivity contribution < 1.29 is 17.9 Å². The van der Waals surface area contributed by atoms with E-state index in [1.54, 1.807) is 30.3 Å². The predicted molar refractivity (Wildman–Crippen MR) is 160 cm³/mol. The van der Waals surface area contributed by atoms with Crippen molar-refractivity contribution in [3.63, 3.8) is 0 Å². The summed E-state index contributed by atoms with van der Waals surface area (Å²) in [4.78, 5) is -4.32. The molecule has 4 aliphatic rings. The van der Waals surface area contributed by atoms with Crippen LogP contribution in [0.5, 0.6) is 5.75 Å². The summed E-state index contributed by atoms with van der Waals surface area (Å²) in [6.07, 6.45) is 15.0. The lowest BCUT2D eigenvalue weighted by molar-refractivity contribution is -0.114. The minimum atomic E-state index is -3.50. The van der Waals surface area contributed by atoms with Gasteiger partial charge in [0.25, 0.3) is 6.01 Å². The average molecular weight is 675 g/mol. The zero-order valence-corrected chi connectivity index (χ0v) is 26.9. The zero-order chi connectivity index (χ0) is 28.0. The van der Waals surface area contributed by atoms with Gasteiger partial charge >= 0.3 is 4.83 Å². The molecule has 0 aromatic heterocycles. The minimum absolute atomic E-state index is 0.203. The molecule has 0 saturated heterocycles. The molecule has 2 unspecified atom stereocenters. The first-order valence-electron chi connectivity index (χ1n) is 15.3. The SMILES string of the molecule is C[C@H](CCC(Br)C(=C(F)Oc1ccccc1)C(F)(F)Br)[C@H]1CC[C@H]2[C@@H]3CCC4CCCC[C@]4(C)[C@H]3CC[C@]12C. The highest BCUT2D eigenvalue weighted by Crippen LogP contribution is 2.68. The monoisotopic (exact) mass is 672 g/mol. The lowest BCUT2D eigenvalue weighted by atomic mass is 9.44. The second-order valence-corrected chi connectivity index (χ2v) is 15.9. The van der Waals surface area contributed by atoms with E-state index in [1.807, 2.05) is 0 Å². The van der Waals surface area contributed by atoms with Crippen molar-refractivity contribution in [2.45, 2.75) is 107 Å². The number of alkyl halides is 4. The molecule has 39 heavy (non-hydrogen) atoms. The molecule has 4 fully saturated rings. The van der Waals surface area contributed by atoms with Crippen LogP contribution in [0.2, 0.25) is 0 Å². The van der Waals surface area contributed by atoms with Crippen molar-refractivity contribution in [3.05, 3.63) is 41.9 Å². The van der Waals surface area contributed by atoms with E-state index in [0.29, 0.717) is 29.1 Å². The van der Waals surface area contributed by atoms with Crippen LogP contribution in [0.4, 0.5) is 13.2 Å². The van der Waals surface area contributed by atoms with Gasteiger partial charge in [-0.1, -0.05) is 67.7 Å². The molecule has 5 rings (SSSR count). The van der Waals surface area contributed by atoms with Gasteiger partial charge in [0, 0.05) is 4.83 Å². The Kier molecular flexibility index (Phi) is 8.96. The number of hydrogen-bond acceptors (Lipinski definition) is 1. The molecular formula is C33H45Br2F3O. The zero-order valence-electron chi connectivity index (χ0n) is 23.7. The fraction of sp³-hybridized carbons (Fsp3) is 0.758. The number of rotatable bonds is 8. The molecule has 4 saturated carbocycles. The summed E-state index contributed by atoms with van der Waals surface area (Å²) in [5.41, 5.74) is 0.206. The Morgan fingerprint density at radius 2 is 1.67 bits per heavy atom. The summed E-state index contributed by atoms with van der Waals surface area (Å²) in [6, 6.07) is 7.02. The first-order valence-corrected chi connectivity index (χ1v) is 17.0. The minimum Gasteiger partial charge on any atom is -0.431 e. The Bertz CT molecular complexity index is 1030. The number of fused-ring (bicyclic) bond motifs is 5. The van der Waals surface area contributed by atoms with Crippen LogP contribution < -0.4 is 4.74 Å². The smallest absolute Gasteiger partial charge is 0.330 e. The normalized spacial score (nSPS) is 38.6. The van der Waals surface area contributed by atoms with Gasteiger partial charge in [-0.25, -0.2) is 0 Å². The van der Waals surface area contributed by atoms with Crippen LogP contribution in [0.3, 0.4) is 0 Å². The van der Waals surface area contributed by atoms with Crippen LogP contribution in [0.1, 0.15) is 97.8 Å². The summed E-state index contributed by atoms with van der Waals surface area (Å²) < 4.78 is 49.2. The van der Waals surface area contributed by atoms with E-state index in [1.165, 1.54) is 64.2 Å². The third-order valence-electron chi connectivity index (χ3n) is 12.0. The van der Waals surface area contributed by atoms with Gasteiger partial charge in [0.05, 0.1) is 5.57 Å². The summed E-state index contributed by atoms with van der Waals surface area (Å²) in [5, 5.41) is 0. The third-order valence-corrected chi connectivity index (χ3v) is 13.3. The Morgan fingerprint density at radius 3 is 2.38 bits per heavy atom. The van der Waals surface area contributed by atoms with Gasteiger partial charge in [-0.15, -0.1) is 0 Å². The Labute approximate surface area is 250 Å². The van der Waals surface area contributed by atoms with E-state index in [2.05, 4.69) is 52.6 Å². The molecule has 9 atom stereocenters. The first kappa shape index (κ1) is 30.0. The number of halogens is 5. The number of allylic oxidation sites excluding steroid dienone is 1. The largest absolute Gasteiger partial charge is 0.431 e. The van der Waals surface area contributed by atoms with Gasteiger partial charge in [0.2, 0.25) is 0 Å². The molecule has 0 N–H and O–H groups in total. The fourth-order valence-corrected chi connectivity index (χ4v) is 11.6. The van der Waals surface area contributed by atoms with Crippen molar-refractivity contribution in [2.75, 3.05) is 0 Å². The first-order chi connectivity index (χ1) is 18.4. The molecular weight excluding hydrogens is 629 g/mol. The quantitative estimate of drug-likeness (QED) is 0.197. The van der Waals surface area contributed by atoms with Gasteiger partial charge in [-0.3, -0.25) is 0 Å². The van der Waals surface area contributed by atoms with Crippen LogP contribution in [0.15, 0.2) is 41.9 Å². The highest BCUT2D eigenvalue weighted by molar-refractivity contribution is 9.10. The maximum Gasteiger partial charge on any atom is 0.330 e. The molecule has 0 spiro atoms. The molecule has 0 radical (unpaired) electrons. The highest BCUT2D eigenvalue weighted by atomic mass is 79.9. The molecule has 1 aromatic carbocycles. The summed E-state index contributed by atoms with van der Waals surface area (Å²) in [5.74, 6) is 4.68. The number of hydrogen-bond donors (Lipinski definition) is 0. The Hall–Kier alpha value is -0.490. The number of benzene rings is 1. The molecule has 0 heterocycles. The molecule has 1 nitrogen and oxygen atoms in total. The van der Waals surface area contributed by atoms with Crippen molar-refractivity contribution >= 4 is 31.9 Å². The summed E-state index contributed by atoms with van der Waals surface area (Å²) in [6.45, 7) is 7.48. The maximum atomic E-state index is 15.0. The second kappa shape index (κ2) is 11.7. The highest BCUT2D eigenvalue weighted by Gasteiger charge is 2.60. The number of para-hydroxylation sites is 1. The molecule has 0 amide bonds. The molecule has 0 bridgehead atoms. The van der Waals surface area contributed by atoms with E-state index in [-0.39, 0.29) is 5.75 Å². The van der Waals surface area contributed by atoms with Gasteiger partial charge in [-0.2, -0.15) is 13.2 Å². The van der Waals surface area contributed by atoms with Crippen LogP contribution >= 0.6 is 31.9 Å². The molecule has 218 valence electrons. The second-order valence-electron chi connectivity index (χ2n) is 13.8. The Morgan fingerprint density at radius 1 is 0.949 bits per heavy atom. The standard InChI is InChI=1S/C33H45Br2F3O/c1-21(12-17-28(34)29(33(35,37)38)30(36)39-23-10-5-4-6-11-23)25-15-16-26-24-14-13-22-9-7-8-19-31(22,2)27(24)18-20-32(25,26)3/h4-6,10-11,21-22,24-28H,7-9,12-20H2,1-3H3/t21-,22?,24+,25-,26+,27+,28?,31+,32-/m1/s1. The van der Waals surface area contributed by atoms with Crippen molar-refractivity contribution in [1.82, 2.24) is 0 Å². The van der Waals surface area contributed by atoms with Crippen LogP contribution in [-0.4, -0.2) is 9.66 Å². The number of ether oxygens (including phenoxy) is 1. The van der Waals surface area contributed by atoms with Gasteiger partial charge < -0.3 is 4.74 Å². The van der Waals surface area contributed by atoms with E-state index in [4.69, 9.17) is 4.74 Å². The molecule has 4 aliphatic carbocycles. The fourth-order valence-electron chi connectivity index (χ4n) is 10.1. The van der Waals surface area contributed by atoms with E-state index < -0.39 is 21.2 Å². The lowest BCUT2D eigenvalue weighted by Gasteiger charge is -2.61. The summed E-state index contributed by atoms with van der Waals surface area (Å²) in [7, 11) is 0.